The van der Waals surface area contributed by atoms with Gasteiger partial charge in [-0.15, -0.1) is 11.3 Å². The maximum atomic E-state index is 11.8. The van der Waals surface area contributed by atoms with E-state index in [4.69, 9.17) is 4.74 Å². The van der Waals surface area contributed by atoms with E-state index in [0.717, 1.165) is 9.85 Å². The molecule has 0 aliphatic rings. The van der Waals surface area contributed by atoms with Gasteiger partial charge in [-0.25, -0.2) is 4.79 Å². The zero-order valence-corrected chi connectivity index (χ0v) is 12.8. The summed E-state index contributed by atoms with van der Waals surface area (Å²) in [5, 5.41) is 10.6. The number of nitro groups is 1. The van der Waals surface area contributed by atoms with Crippen molar-refractivity contribution in [3.8, 4) is 0 Å². The van der Waals surface area contributed by atoms with Crippen LogP contribution in [0.4, 0.5) is 5.69 Å². The molecule has 1 aromatic heterocycles. The fourth-order valence-electron chi connectivity index (χ4n) is 1.50. The van der Waals surface area contributed by atoms with E-state index in [9.17, 15) is 19.7 Å². The summed E-state index contributed by atoms with van der Waals surface area (Å²) in [7, 11) is 0. The molecule has 0 aliphatic carbocycles. The molecule has 0 fully saturated rings. The fourth-order valence-corrected chi connectivity index (χ4v) is 2.81. The molecule has 21 heavy (non-hydrogen) atoms. The Morgan fingerprint density at radius 3 is 2.67 bits per heavy atom. The molecule has 0 amide bonds. The normalized spacial score (nSPS) is 10.1. The van der Waals surface area contributed by atoms with Crippen molar-refractivity contribution in [2.45, 2.75) is 0 Å². The number of rotatable bonds is 5. The smallest absolute Gasteiger partial charge is 0.338 e. The number of hydrogen-bond acceptors (Lipinski definition) is 6. The van der Waals surface area contributed by atoms with Crippen molar-refractivity contribution in [2.75, 3.05) is 6.61 Å². The number of hydrogen-bond donors (Lipinski definition) is 0. The van der Waals surface area contributed by atoms with Crippen LogP contribution in [0, 0.1) is 10.1 Å². The second-order valence-electron chi connectivity index (χ2n) is 3.91. The van der Waals surface area contributed by atoms with Gasteiger partial charge >= 0.3 is 5.97 Å². The van der Waals surface area contributed by atoms with Crippen LogP contribution in [0.2, 0.25) is 0 Å². The molecule has 108 valence electrons. The van der Waals surface area contributed by atoms with Crippen molar-refractivity contribution < 1.29 is 19.2 Å². The molecule has 1 heterocycles. The number of thiophene rings is 1. The maximum Gasteiger partial charge on any atom is 0.338 e. The number of esters is 1. The molecular formula is C13H8BrNO5S. The molecule has 8 heteroatoms. The summed E-state index contributed by atoms with van der Waals surface area (Å²) in [5.74, 6) is -1.10. The first kappa shape index (κ1) is 15.3. The Kier molecular flexibility index (Phi) is 4.81. The highest BCUT2D eigenvalue weighted by molar-refractivity contribution is 9.11. The van der Waals surface area contributed by atoms with Gasteiger partial charge in [0.1, 0.15) is 0 Å². The minimum absolute atomic E-state index is 0.0318. The first-order chi connectivity index (χ1) is 9.97. The van der Waals surface area contributed by atoms with E-state index in [1.54, 1.807) is 12.1 Å². The first-order valence-corrected chi connectivity index (χ1v) is 7.28. The summed E-state index contributed by atoms with van der Waals surface area (Å²) in [6.07, 6.45) is 0. The molecule has 1 aromatic carbocycles. The third-order valence-corrected chi connectivity index (χ3v) is 4.14. The second kappa shape index (κ2) is 6.59. The van der Waals surface area contributed by atoms with Crippen LogP contribution in [0.5, 0.6) is 0 Å². The SMILES string of the molecule is O=C(OCC(=O)c1ccc(Br)s1)c1cccc([N+](=O)[O-])c1. The van der Waals surface area contributed by atoms with E-state index < -0.39 is 17.5 Å². The van der Waals surface area contributed by atoms with Gasteiger partial charge in [0.25, 0.3) is 5.69 Å². The van der Waals surface area contributed by atoms with Crippen molar-refractivity contribution in [1.82, 2.24) is 0 Å². The number of nitrogens with zero attached hydrogens (tertiary/aromatic N) is 1. The predicted molar refractivity (Wildman–Crippen MR) is 79.7 cm³/mol. The number of halogens is 1. The van der Waals surface area contributed by atoms with Crippen LogP contribution < -0.4 is 0 Å². The van der Waals surface area contributed by atoms with Crippen molar-refractivity contribution in [3.05, 3.63) is 60.7 Å². The van der Waals surface area contributed by atoms with Crippen molar-refractivity contribution in [1.29, 1.82) is 0 Å². The lowest BCUT2D eigenvalue weighted by Crippen LogP contribution is -2.13. The molecule has 0 saturated heterocycles. The van der Waals surface area contributed by atoms with Crippen LogP contribution in [0.25, 0.3) is 0 Å². The minimum atomic E-state index is -0.775. The van der Waals surface area contributed by atoms with Crippen molar-refractivity contribution >= 4 is 44.7 Å². The number of nitro benzene ring substituents is 1. The number of ketones is 1. The molecule has 0 saturated carbocycles. The zero-order chi connectivity index (χ0) is 15.4. The van der Waals surface area contributed by atoms with Crippen LogP contribution in [-0.2, 0) is 4.74 Å². The van der Waals surface area contributed by atoms with Crippen LogP contribution in [0.3, 0.4) is 0 Å². The van der Waals surface area contributed by atoms with Gasteiger partial charge in [-0.05, 0) is 34.1 Å². The molecule has 0 aliphatic heterocycles. The number of benzene rings is 1. The molecule has 2 aromatic rings. The van der Waals surface area contributed by atoms with Crippen LogP contribution in [0.1, 0.15) is 20.0 Å². The Morgan fingerprint density at radius 2 is 2.05 bits per heavy atom. The van der Waals surface area contributed by atoms with Gasteiger partial charge in [-0.3, -0.25) is 14.9 Å². The minimum Gasteiger partial charge on any atom is -0.454 e. The van der Waals surface area contributed by atoms with Gasteiger partial charge in [0.05, 0.1) is 19.2 Å². The fraction of sp³-hybridized carbons (Fsp3) is 0.0769. The third-order valence-electron chi connectivity index (χ3n) is 2.48. The van der Waals surface area contributed by atoms with Crippen LogP contribution in [-0.4, -0.2) is 23.3 Å². The van der Waals surface area contributed by atoms with Gasteiger partial charge in [0, 0.05) is 12.1 Å². The van der Waals surface area contributed by atoms with Crippen molar-refractivity contribution in [2.24, 2.45) is 0 Å². The largest absolute Gasteiger partial charge is 0.454 e. The zero-order valence-electron chi connectivity index (χ0n) is 10.4. The van der Waals surface area contributed by atoms with Crippen LogP contribution in [0.15, 0.2) is 40.2 Å². The molecule has 0 N–H and O–H groups in total. The lowest BCUT2D eigenvalue weighted by Gasteiger charge is -2.03. The predicted octanol–water partition coefficient (Wildman–Crippen LogP) is 3.46. The van der Waals surface area contributed by atoms with E-state index in [-0.39, 0.29) is 17.0 Å². The Balaban J connectivity index is 2.00. The molecular weight excluding hydrogens is 362 g/mol. The second-order valence-corrected chi connectivity index (χ2v) is 6.37. The maximum absolute atomic E-state index is 11.8. The molecule has 2 rings (SSSR count). The number of Topliss-reactive ketones (excluding diaryl/α,β-unsaturated/α-hetero) is 1. The average molecular weight is 370 g/mol. The Bertz CT molecular complexity index is 712. The van der Waals surface area contributed by atoms with E-state index in [2.05, 4.69) is 15.9 Å². The van der Waals surface area contributed by atoms with Gasteiger partial charge < -0.3 is 4.74 Å². The van der Waals surface area contributed by atoms with Gasteiger partial charge in [-0.1, -0.05) is 6.07 Å². The number of non-ortho nitro benzene ring substituents is 1. The summed E-state index contributed by atoms with van der Waals surface area (Å²) in [5.41, 5.74) is -0.178. The molecule has 6 nitrogen and oxygen atoms in total. The van der Waals surface area contributed by atoms with Crippen LogP contribution >= 0.6 is 27.3 Å². The summed E-state index contributed by atoms with van der Waals surface area (Å²) in [4.78, 5) is 34.0. The average Bonchev–Trinajstić information content (AvgIpc) is 2.91. The highest BCUT2D eigenvalue weighted by Gasteiger charge is 2.15. The standard InChI is InChI=1S/C13H8BrNO5S/c14-12-5-4-11(21-12)10(16)7-20-13(17)8-2-1-3-9(6-8)15(18)19/h1-6H,7H2. The van der Waals surface area contributed by atoms with E-state index in [0.29, 0.717) is 4.88 Å². The summed E-state index contributed by atoms with van der Waals surface area (Å²) < 4.78 is 5.67. The monoisotopic (exact) mass is 369 g/mol. The first-order valence-electron chi connectivity index (χ1n) is 5.67. The molecule has 0 atom stereocenters. The highest BCUT2D eigenvalue weighted by Crippen LogP contribution is 2.22. The van der Waals surface area contributed by atoms with E-state index in [1.807, 2.05) is 0 Å². The molecule has 0 spiro atoms. The third kappa shape index (κ3) is 3.96. The van der Waals surface area contributed by atoms with Gasteiger partial charge in [0.2, 0.25) is 5.78 Å². The Labute approximate surface area is 131 Å². The summed E-state index contributed by atoms with van der Waals surface area (Å²) in [6, 6.07) is 8.49. The van der Waals surface area contributed by atoms with Crippen molar-refractivity contribution in [3.63, 3.8) is 0 Å². The van der Waals surface area contributed by atoms with Gasteiger partial charge in [0.15, 0.2) is 6.61 Å². The molecule has 0 radical (unpaired) electrons. The number of ether oxygens (including phenoxy) is 1. The number of carbonyl (C=O) groups is 2. The highest BCUT2D eigenvalue weighted by atomic mass is 79.9. The lowest BCUT2D eigenvalue weighted by atomic mass is 10.2. The Hall–Kier alpha value is -2.06. The molecule has 0 unspecified atom stereocenters. The quantitative estimate of drug-likeness (QED) is 0.348. The van der Waals surface area contributed by atoms with E-state index in [1.165, 1.54) is 29.5 Å². The summed E-state index contributed by atoms with van der Waals surface area (Å²) in [6.45, 7) is -0.408. The lowest BCUT2D eigenvalue weighted by molar-refractivity contribution is -0.384. The topological polar surface area (TPSA) is 86.5 Å². The molecule has 0 bridgehead atoms. The Morgan fingerprint density at radius 1 is 1.29 bits per heavy atom. The van der Waals surface area contributed by atoms with E-state index >= 15 is 0 Å². The van der Waals surface area contributed by atoms with Gasteiger partial charge in [-0.2, -0.15) is 0 Å². The number of carbonyl (C=O) groups excluding carboxylic acids is 2. The summed E-state index contributed by atoms with van der Waals surface area (Å²) >= 11 is 4.47.